The number of hydrogen-bond acceptors (Lipinski definition) is 4. The standard InChI is InChI=1S/C14H21ClO4/c1-10(2)9-18-4-5-19-14-11(8-16)6-12(15)7-13(14)17-3/h6-7,10,16H,4-5,8-9H2,1-3H3. The molecule has 0 amide bonds. The van der Waals surface area contributed by atoms with Gasteiger partial charge in [0.05, 0.1) is 20.3 Å². The molecule has 0 saturated heterocycles. The molecule has 0 radical (unpaired) electrons. The lowest BCUT2D eigenvalue weighted by atomic mass is 10.2. The van der Waals surface area contributed by atoms with E-state index in [1.54, 1.807) is 12.1 Å². The Morgan fingerprint density at radius 1 is 1.26 bits per heavy atom. The van der Waals surface area contributed by atoms with E-state index in [-0.39, 0.29) is 6.61 Å². The van der Waals surface area contributed by atoms with Gasteiger partial charge in [0.2, 0.25) is 0 Å². The van der Waals surface area contributed by atoms with E-state index < -0.39 is 0 Å². The molecule has 1 aromatic carbocycles. The molecule has 0 aliphatic rings. The quantitative estimate of drug-likeness (QED) is 0.747. The molecule has 1 rings (SSSR count). The first-order chi connectivity index (χ1) is 9.08. The Balaban J connectivity index is 2.61. The highest BCUT2D eigenvalue weighted by atomic mass is 35.5. The Labute approximate surface area is 119 Å². The summed E-state index contributed by atoms with van der Waals surface area (Å²) in [4.78, 5) is 0. The van der Waals surface area contributed by atoms with Crippen molar-refractivity contribution in [2.24, 2.45) is 5.92 Å². The highest BCUT2D eigenvalue weighted by Crippen LogP contribution is 2.34. The monoisotopic (exact) mass is 288 g/mol. The molecule has 0 bridgehead atoms. The van der Waals surface area contributed by atoms with Gasteiger partial charge in [-0.05, 0) is 12.0 Å². The summed E-state index contributed by atoms with van der Waals surface area (Å²) in [5, 5.41) is 9.82. The normalized spacial score (nSPS) is 10.8. The van der Waals surface area contributed by atoms with Gasteiger partial charge in [-0.15, -0.1) is 0 Å². The Hall–Kier alpha value is -0.970. The fourth-order valence-corrected chi connectivity index (χ4v) is 1.81. The summed E-state index contributed by atoms with van der Waals surface area (Å²) in [5.41, 5.74) is 0.605. The van der Waals surface area contributed by atoms with Crippen molar-refractivity contribution in [3.05, 3.63) is 22.7 Å². The first-order valence-electron chi connectivity index (χ1n) is 6.26. The second kappa shape index (κ2) is 8.25. The van der Waals surface area contributed by atoms with Crippen molar-refractivity contribution in [1.29, 1.82) is 0 Å². The smallest absolute Gasteiger partial charge is 0.166 e. The maximum absolute atomic E-state index is 9.31. The number of methoxy groups -OCH3 is 1. The number of rotatable bonds is 8. The molecule has 0 saturated carbocycles. The van der Waals surface area contributed by atoms with E-state index in [0.717, 1.165) is 0 Å². The molecule has 19 heavy (non-hydrogen) atoms. The van der Waals surface area contributed by atoms with Crippen LogP contribution in [0.3, 0.4) is 0 Å². The minimum Gasteiger partial charge on any atom is -0.493 e. The molecule has 0 heterocycles. The molecule has 0 aliphatic carbocycles. The van der Waals surface area contributed by atoms with Crippen LogP contribution in [0.5, 0.6) is 11.5 Å². The van der Waals surface area contributed by atoms with Gasteiger partial charge in [0.25, 0.3) is 0 Å². The first-order valence-corrected chi connectivity index (χ1v) is 6.64. The van der Waals surface area contributed by atoms with Crippen LogP contribution in [0.15, 0.2) is 12.1 Å². The van der Waals surface area contributed by atoms with E-state index in [1.807, 2.05) is 0 Å². The highest BCUT2D eigenvalue weighted by Gasteiger charge is 2.12. The summed E-state index contributed by atoms with van der Waals surface area (Å²) in [6.07, 6.45) is 0. The lowest BCUT2D eigenvalue weighted by Gasteiger charge is -2.15. The van der Waals surface area contributed by atoms with Crippen molar-refractivity contribution in [3.8, 4) is 11.5 Å². The van der Waals surface area contributed by atoms with Crippen molar-refractivity contribution in [1.82, 2.24) is 0 Å². The van der Waals surface area contributed by atoms with Gasteiger partial charge in [0.15, 0.2) is 11.5 Å². The van der Waals surface area contributed by atoms with Crippen molar-refractivity contribution in [2.45, 2.75) is 20.5 Å². The Bertz CT molecular complexity index is 368. The Morgan fingerprint density at radius 3 is 2.58 bits per heavy atom. The number of benzene rings is 1. The van der Waals surface area contributed by atoms with Gasteiger partial charge in [-0.3, -0.25) is 0 Å². The Kier molecular flexibility index (Phi) is 6.99. The van der Waals surface area contributed by atoms with Gasteiger partial charge in [-0.1, -0.05) is 25.4 Å². The van der Waals surface area contributed by atoms with E-state index in [9.17, 15) is 5.11 Å². The minimum atomic E-state index is -0.154. The lowest BCUT2D eigenvalue weighted by molar-refractivity contribution is 0.0803. The lowest BCUT2D eigenvalue weighted by Crippen LogP contribution is -2.11. The average molecular weight is 289 g/mol. The molecule has 0 unspecified atom stereocenters. The van der Waals surface area contributed by atoms with Crippen LogP contribution in [-0.2, 0) is 11.3 Å². The van der Waals surface area contributed by atoms with Crippen LogP contribution in [-0.4, -0.2) is 32.0 Å². The van der Waals surface area contributed by atoms with Crippen LogP contribution in [0.25, 0.3) is 0 Å². The third-order valence-electron chi connectivity index (χ3n) is 2.41. The van der Waals surface area contributed by atoms with Crippen LogP contribution in [0.1, 0.15) is 19.4 Å². The van der Waals surface area contributed by atoms with Crippen molar-refractivity contribution < 1.29 is 19.3 Å². The summed E-state index contributed by atoms with van der Waals surface area (Å²) in [5.74, 6) is 1.53. The van der Waals surface area contributed by atoms with Gasteiger partial charge >= 0.3 is 0 Å². The maximum atomic E-state index is 9.31. The predicted octanol–water partition coefficient (Wildman–Crippen LogP) is 2.89. The maximum Gasteiger partial charge on any atom is 0.166 e. The summed E-state index contributed by atoms with van der Waals surface area (Å²) < 4.78 is 16.3. The molecule has 0 aromatic heterocycles. The zero-order chi connectivity index (χ0) is 14.3. The number of halogens is 1. The highest BCUT2D eigenvalue weighted by molar-refractivity contribution is 6.30. The van der Waals surface area contributed by atoms with Gasteiger partial charge in [0.1, 0.15) is 6.61 Å². The molecule has 108 valence electrons. The first kappa shape index (κ1) is 16.1. The van der Waals surface area contributed by atoms with E-state index >= 15 is 0 Å². The fraction of sp³-hybridized carbons (Fsp3) is 0.571. The molecule has 0 aliphatic heterocycles. The Morgan fingerprint density at radius 2 is 2.00 bits per heavy atom. The summed E-state index contributed by atoms with van der Waals surface area (Å²) in [6, 6.07) is 3.32. The molecule has 0 atom stereocenters. The molecular formula is C14H21ClO4. The zero-order valence-electron chi connectivity index (χ0n) is 11.6. The summed E-state index contributed by atoms with van der Waals surface area (Å²) in [6.45, 7) is 5.62. The van der Waals surface area contributed by atoms with Crippen LogP contribution < -0.4 is 9.47 Å². The van der Waals surface area contributed by atoms with E-state index in [4.69, 9.17) is 25.8 Å². The summed E-state index contributed by atoms with van der Waals surface area (Å²) >= 11 is 5.93. The molecule has 1 N–H and O–H groups in total. The summed E-state index contributed by atoms with van der Waals surface area (Å²) in [7, 11) is 1.54. The van der Waals surface area contributed by atoms with Gasteiger partial charge in [0, 0.05) is 23.3 Å². The molecular weight excluding hydrogens is 268 g/mol. The topological polar surface area (TPSA) is 47.9 Å². The predicted molar refractivity (Wildman–Crippen MR) is 75.1 cm³/mol. The third kappa shape index (κ3) is 5.27. The van der Waals surface area contributed by atoms with Crippen molar-refractivity contribution >= 4 is 11.6 Å². The SMILES string of the molecule is COc1cc(Cl)cc(CO)c1OCCOCC(C)C. The zero-order valence-corrected chi connectivity index (χ0v) is 12.4. The molecule has 5 heteroatoms. The van der Waals surface area contributed by atoms with Crippen LogP contribution in [0.2, 0.25) is 5.02 Å². The number of ether oxygens (including phenoxy) is 3. The van der Waals surface area contributed by atoms with Gasteiger partial charge in [-0.2, -0.15) is 0 Å². The van der Waals surface area contributed by atoms with E-state index in [0.29, 0.717) is 47.8 Å². The van der Waals surface area contributed by atoms with E-state index in [2.05, 4.69) is 13.8 Å². The number of hydrogen-bond donors (Lipinski definition) is 1. The molecule has 4 nitrogen and oxygen atoms in total. The molecule has 0 fully saturated rings. The average Bonchev–Trinajstić information content (AvgIpc) is 2.38. The van der Waals surface area contributed by atoms with E-state index in [1.165, 1.54) is 7.11 Å². The van der Waals surface area contributed by atoms with Gasteiger partial charge in [-0.25, -0.2) is 0 Å². The second-order valence-electron chi connectivity index (χ2n) is 4.57. The molecule has 1 aromatic rings. The molecule has 0 spiro atoms. The fourth-order valence-electron chi connectivity index (χ4n) is 1.58. The third-order valence-corrected chi connectivity index (χ3v) is 2.63. The largest absolute Gasteiger partial charge is 0.493 e. The van der Waals surface area contributed by atoms with Crippen molar-refractivity contribution in [3.63, 3.8) is 0 Å². The minimum absolute atomic E-state index is 0.154. The number of aliphatic hydroxyl groups is 1. The van der Waals surface area contributed by atoms with Crippen molar-refractivity contribution in [2.75, 3.05) is 26.9 Å². The number of aliphatic hydroxyl groups excluding tert-OH is 1. The van der Waals surface area contributed by atoms with Crippen LogP contribution in [0.4, 0.5) is 0 Å². The van der Waals surface area contributed by atoms with Crippen LogP contribution >= 0.6 is 11.6 Å². The second-order valence-corrected chi connectivity index (χ2v) is 5.01. The van der Waals surface area contributed by atoms with Crippen LogP contribution in [0, 0.1) is 5.92 Å². The van der Waals surface area contributed by atoms with Gasteiger partial charge < -0.3 is 19.3 Å².